The van der Waals surface area contributed by atoms with Gasteiger partial charge in [-0.3, -0.25) is 4.90 Å². The van der Waals surface area contributed by atoms with Crippen LogP contribution in [0.5, 0.6) is 0 Å². The van der Waals surface area contributed by atoms with Crippen LogP contribution in [-0.2, 0) is 0 Å². The van der Waals surface area contributed by atoms with Crippen LogP contribution >= 0.6 is 0 Å². The zero-order valence-electron chi connectivity index (χ0n) is 15.2. The first kappa shape index (κ1) is 18.0. The Labute approximate surface area is 146 Å². The van der Waals surface area contributed by atoms with E-state index in [0.717, 1.165) is 64.0 Å². The van der Waals surface area contributed by atoms with E-state index in [1.165, 1.54) is 19.3 Å². The van der Waals surface area contributed by atoms with Gasteiger partial charge in [-0.15, -0.1) is 0 Å². The predicted molar refractivity (Wildman–Crippen MR) is 95.9 cm³/mol. The van der Waals surface area contributed by atoms with Gasteiger partial charge < -0.3 is 15.7 Å². The van der Waals surface area contributed by atoms with E-state index in [9.17, 15) is 9.90 Å². The molecule has 3 N–H and O–H groups in total. The molecule has 2 amide bonds. The van der Waals surface area contributed by atoms with Crippen LogP contribution < -0.4 is 10.6 Å². The van der Waals surface area contributed by atoms with E-state index >= 15 is 0 Å². The minimum absolute atomic E-state index is 0.0188. The van der Waals surface area contributed by atoms with Gasteiger partial charge in [0, 0.05) is 31.2 Å². The number of amides is 2. The third-order valence-corrected chi connectivity index (χ3v) is 6.30. The monoisotopic (exact) mass is 337 g/mol. The fourth-order valence-corrected chi connectivity index (χ4v) is 4.87. The lowest BCUT2D eigenvalue weighted by Gasteiger charge is -2.41. The minimum Gasteiger partial charge on any atom is -0.391 e. The number of carbonyl (C=O) groups excluding carboxylic acids is 1. The Bertz CT molecular complexity index is 409. The first-order valence-electron chi connectivity index (χ1n) is 10.1. The summed E-state index contributed by atoms with van der Waals surface area (Å²) in [6.45, 7) is 4.27. The fourth-order valence-electron chi connectivity index (χ4n) is 4.87. The van der Waals surface area contributed by atoms with Gasteiger partial charge in [0.2, 0.25) is 0 Å². The molecule has 4 atom stereocenters. The highest BCUT2D eigenvalue weighted by Gasteiger charge is 2.32. The van der Waals surface area contributed by atoms with Gasteiger partial charge in [0.05, 0.1) is 6.10 Å². The topological polar surface area (TPSA) is 64.6 Å². The largest absolute Gasteiger partial charge is 0.391 e. The Morgan fingerprint density at radius 2 is 1.62 bits per heavy atom. The van der Waals surface area contributed by atoms with Crippen molar-refractivity contribution in [2.45, 2.75) is 95.4 Å². The van der Waals surface area contributed by atoms with Gasteiger partial charge >= 0.3 is 6.03 Å². The smallest absolute Gasteiger partial charge is 0.315 e. The highest BCUT2D eigenvalue weighted by molar-refractivity contribution is 5.74. The van der Waals surface area contributed by atoms with Crippen molar-refractivity contribution in [2.75, 3.05) is 13.1 Å². The number of carbonyl (C=O) groups is 1. The first-order chi connectivity index (χ1) is 11.6. The van der Waals surface area contributed by atoms with E-state index in [4.69, 9.17) is 0 Å². The number of piperidine rings is 1. The first-order valence-corrected chi connectivity index (χ1v) is 10.1. The van der Waals surface area contributed by atoms with Gasteiger partial charge in [0.1, 0.15) is 0 Å². The Morgan fingerprint density at radius 1 is 0.917 bits per heavy atom. The standard InChI is InChI=1S/C19H35N3O2/c1-14-5-4-6-16(13-14)21-19(24)20-15-9-11-22(12-10-15)17-7-2-3-8-18(17)23/h14-18,23H,2-13H2,1H3,(H2,20,21,24). The van der Waals surface area contributed by atoms with E-state index in [0.29, 0.717) is 12.1 Å². The number of nitrogens with zero attached hydrogens (tertiary/aromatic N) is 1. The maximum Gasteiger partial charge on any atom is 0.315 e. The Hall–Kier alpha value is -0.810. The molecule has 4 unspecified atom stereocenters. The molecule has 0 aromatic carbocycles. The third-order valence-electron chi connectivity index (χ3n) is 6.30. The minimum atomic E-state index is -0.153. The molecule has 1 heterocycles. The molecule has 5 nitrogen and oxygen atoms in total. The number of likely N-dealkylation sites (tertiary alicyclic amines) is 1. The maximum absolute atomic E-state index is 12.2. The summed E-state index contributed by atoms with van der Waals surface area (Å²) in [4.78, 5) is 14.7. The van der Waals surface area contributed by atoms with Crippen molar-refractivity contribution < 1.29 is 9.90 Å². The number of urea groups is 1. The van der Waals surface area contributed by atoms with Gasteiger partial charge in [0.15, 0.2) is 0 Å². The molecule has 3 fully saturated rings. The van der Waals surface area contributed by atoms with Gasteiger partial charge in [-0.25, -0.2) is 4.79 Å². The average Bonchev–Trinajstić information content (AvgIpc) is 2.56. The van der Waals surface area contributed by atoms with Crippen molar-refractivity contribution in [3.63, 3.8) is 0 Å². The third kappa shape index (κ3) is 4.85. The van der Waals surface area contributed by atoms with Crippen LogP contribution in [0.1, 0.15) is 71.1 Å². The summed E-state index contributed by atoms with van der Waals surface area (Å²) in [5.41, 5.74) is 0. The van der Waals surface area contributed by atoms with Crippen molar-refractivity contribution >= 4 is 6.03 Å². The van der Waals surface area contributed by atoms with Crippen LogP contribution in [-0.4, -0.2) is 53.4 Å². The lowest BCUT2D eigenvalue weighted by molar-refractivity contribution is 0.00774. The van der Waals surface area contributed by atoms with Crippen LogP contribution in [0.25, 0.3) is 0 Å². The molecule has 2 aliphatic carbocycles. The summed E-state index contributed by atoms with van der Waals surface area (Å²) < 4.78 is 0. The van der Waals surface area contributed by atoms with Gasteiger partial charge in [-0.05, 0) is 44.4 Å². The Balaban J connectivity index is 1.38. The SMILES string of the molecule is CC1CCCC(NC(=O)NC2CCN(C3CCCCC3O)CC2)C1. The van der Waals surface area contributed by atoms with Crippen LogP contribution in [0, 0.1) is 5.92 Å². The molecule has 138 valence electrons. The van der Waals surface area contributed by atoms with E-state index in [1.54, 1.807) is 0 Å². The normalized spacial score (nSPS) is 36.2. The van der Waals surface area contributed by atoms with E-state index in [2.05, 4.69) is 22.5 Å². The highest BCUT2D eigenvalue weighted by Crippen LogP contribution is 2.26. The van der Waals surface area contributed by atoms with Gasteiger partial charge in [-0.1, -0.05) is 32.6 Å². The van der Waals surface area contributed by atoms with Crippen LogP contribution in [0.4, 0.5) is 4.79 Å². The number of nitrogens with one attached hydrogen (secondary N) is 2. The maximum atomic E-state index is 12.2. The van der Waals surface area contributed by atoms with Crippen molar-refractivity contribution in [2.24, 2.45) is 5.92 Å². The highest BCUT2D eigenvalue weighted by atomic mass is 16.3. The fraction of sp³-hybridized carbons (Fsp3) is 0.947. The van der Waals surface area contributed by atoms with Crippen molar-refractivity contribution in [1.29, 1.82) is 0 Å². The van der Waals surface area contributed by atoms with Crippen molar-refractivity contribution in [3.05, 3.63) is 0 Å². The molecule has 24 heavy (non-hydrogen) atoms. The number of rotatable bonds is 3. The van der Waals surface area contributed by atoms with Gasteiger partial charge in [0.25, 0.3) is 0 Å². The lowest BCUT2D eigenvalue weighted by Crippen LogP contribution is -2.54. The van der Waals surface area contributed by atoms with E-state index < -0.39 is 0 Å². The zero-order chi connectivity index (χ0) is 16.9. The van der Waals surface area contributed by atoms with Gasteiger partial charge in [-0.2, -0.15) is 0 Å². The molecule has 5 heteroatoms. The van der Waals surface area contributed by atoms with Crippen LogP contribution in [0.3, 0.4) is 0 Å². The molecular weight excluding hydrogens is 302 g/mol. The zero-order valence-corrected chi connectivity index (χ0v) is 15.2. The van der Waals surface area contributed by atoms with Crippen LogP contribution in [0.2, 0.25) is 0 Å². The Kier molecular flexibility index (Phi) is 6.39. The number of aliphatic hydroxyl groups excluding tert-OH is 1. The summed E-state index contributed by atoms with van der Waals surface area (Å²) in [5, 5.41) is 16.6. The summed E-state index contributed by atoms with van der Waals surface area (Å²) >= 11 is 0. The molecule has 0 aromatic heterocycles. The molecule has 0 spiro atoms. The molecule has 0 bridgehead atoms. The molecule has 1 saturated heterocycles. The second kappa shape index (κ2) is 8.52. The quantitative estimate of drug-likeness (QED) is 0.742. The van der Waals surface area contributed by atoms with Crippen molar-refractivity contribution in [1.82, 2.24) is 15.5 Å². The summed E-state index contributed by atoms with van der Waals surface area (Å²) in [6.07, 6.45) is 11.1. The second-order valence-electron chi connectivity index (χ2n) is 8.32. The molecule has 0 radical (unpaired) electrons. The van der Waals surface area contributed by atoms with E-state index in [1.807, 2.05) is 0 Å². The average molecular weight is 338 g/mol. The molecule has 1 aliphatic heterocycles. The molecule has 3 aliphatic rings. The van der Waals surface area contributed by atoms with Crippen molar-refractivity contribution in [3.8, 4) is 0 Å². The second-order valence-corrected chi connectivity index (χ2v) is 8.32. The number of aliphatic hydroxyl groups is 1. The van der Waals surface area contributed by atoms with Crippen LogP contribution in [0.15, 0.2) is 0 Å². The lowest BCUT2D eigenvalue weighted by atomic mass is 9.87. The summed E-state index contributed by atoms with van der Waals surface area (Å²) in [5.74, 6) is 0.731. The number of hydrogen-bond acceptors (Lipinski definition) is 3. The van der Waals surface area contributed by atoms with E-state index in [-0.39, 0.29) is 18.2 Å². The molecule has 2 saturated carbocycles. The summed E-state index contributed by atoms with van der Waals surface area (Å²) in [7, 11) is 0. The number of hydrogen-bond donors (Lipinski definition) is 3. The molecule has 0 aromatic rings. The predicted octanol–water partition coefficient (Wildman–Crippen LogP) is 2.63. The Morgan fingerprint density at radius 3 is 2.33 bits per heavy atom. The molecular formula is C19H35N3O2. The molecule has 3 rings (SSSR count). The summed E-state index contributed by atoms with van der Waals surface area (Å²) in [6, 6.07) is 0.997.